The van der Waals surface area contributed by atoms with Crippen molar-refractivity contribution in [1.82, 2.24) is 4.67 Å². The van der Waals surface area contributed by atoms with Crippen molar-refractivity contribution in [2.45, 2.75) is 37.5 Å². The number of hydrogen-bond donors (Lipinski definition) is 0. The van der Waals surface area contributed by atoms with Gasteiger partial charge in [-0.25, -0.2) is 0 Å². The second-order valence-corrected chi connectivity index (χ2v) is 8.06. The molecule has 1 aliphatic heterocycles. The van der Waals surface area contributed by atoms with E-state index < -0.39 is 10.1 Å². The molecule has 6 heteroatoms. The van der Waals surface area contributed by atoms with Crippen LogP contribution in [-0.4, -0.2) is 32.8 Å². The summed E-state index contributed by atoms with van der Waals surface area (Å²) in [5.74, 6) is 0.701. The monoisotopic (exact) mass is 329 g/mol. The zero-order valence-corrected chi connectivity index (χ0v) is 14.5. The van der Waals surface area contributed by atoms with Gasteiger partial charge < -0.3 is 0 Å². The highest BCUT2D eigenvalue weighted by molar-refractivity contribution is 7.86. The fraction of sp³-hybridized carbons (Fsp3) is 0.600. The highest BCUT2D eigenvalue weighted by Gasteiger charge is 2.18. The molecule has 1 heterocycles. The van der Waals surface area contributed by atoms with Gasteiger partial charge in [-0.1, -0.05) is 27.1 Å². The molecular formula is C15H24NO3PS. The van der Waals surface area contributed by atoms with E-state index in [4.69, 9.17) is 4.18 Å². The lowest BCUT2D eigenvalue weighted by molar-refractivity contribution is 0.248. The number of rotatable bonds is 6. The van der Waals surface area contributed by atoms with Crippen LogP contribution in [-0.2, 0) is 14.3 Å². The average molecular weight is 329 g/mol. The van der Waals surface area contributed by atoms with E-state index in [2.05, 4.69) is 14.1 Å². The zero-order valence-electron chi connectivity index (χ0n) is 12.5. The topological polar surface area (TPSA) is 46.6 Å². The number of piperidine rings is 1. The largest absolute Gasteiger partial charge is 0.296 e. The van der Waals surface area contributed by atoms with E-state index in [-0.39, 0.29) is 11.5 Å². The molecule has 0 saturated carbocycles. The quantitative estimate of drug-likeness (QED) is 0.457. The van der Waals surface area contributed by atoms with Crippen LogP contribution in [0, 0.1) is 12.8 Å². The minimum absolute atomic E-state index is 0.240. The van der Waals surface area contributed by atoms with Gasteiger partial charge in [0.05, 0.1) is 11.5 Å². The molecule has 1 aliphatic rings. The Bertz CT molecular complexity index is 537. The zero-order chi connectivity index (χ0) is 15.3. The summed E-state index contributed by atoms with van der Waals surface area (Å²) in [7, 11) is -0.860. The Morgan fingerprint density at radius 3 is 2.48 bits per heavy atom. The van der Waals surface area contributed by atoms with Crippen molar-refractivity contribution in [3.8, 4) is 0 Å². The highest BCUT2D eigenvalue weighted by Crippen LogP contribution is 2.23. The summed E-state index contributed by atoms with van der Waals surface area (Å²) >= 11 is 0. The van der Waals surface area contributed by atoms with Gasteiger partial charge in [-0.05, 0) is 50.7 Å². The second-order valence-electron chi connectivity index (χ2n) is 5.71. The van der Waals surface area contributed by atoms with E-state index in [0.717, 1.165) is 31.5 Å². The Morgan fingerprint density at radius 2 is 1.86 bits per heavy atom. The van der Waals surface area contributed by atoms with Crippen LogP contribution in [0.4, 0.5) is 0 Å². The molecule has 1 atom stereocenters. The number of aryl methyl sites for hydroxylation is 1. The summed E-state index contributed by atoms with van der Waals surface area (Å²) in [6, 6.07) is 6.76. The molecule has 4 nitrogen and oxygen atoms in total. The molecule has 1 fully saturated rings. The minimum atomic E-state index is -3.60. The first-order valence-corrected chi connectivity index (χ1v) is 9.35. The van der Waals surface area contributed by atoms with Gasteiger partial charge in [-0.15, -0.1) is 0 Å². The third kappa shape index (κ3) is 5.33. The van der Waals surface area contributed by atoms with Crippen molar-refractivity contribution in [1.29, 1.82) is 0 Å². The maximum atomic E-state index is 12.0. The summed E-state index contributed by atoms with van der Waals surface area (Å²) < 4.78 is 31.4. The molecule has 1 saturated heterocycles. The molecule has 21 heavy (non-hydrogen) atoms. The smallest absolute Gasteiger partial charge is 0.287 e. The Hall–Kier alpha value is -0.480. The molecule has 0 aliphatic carbocycles. The van der Waals surface area contributed by atoms with Crippen LogP contribution in [0.1, 0.15) is 31.2 Å². The first-order valence-electron chi connectivity index (χ1n) is 7.43. The van der Waals surface area contributed by atoms with Crippen molar-refractivity contribution in [2.24, 2.45) is 5.92 Å². The summed E-state index contributed by atoms with van der Waals surface area (Å²) in [6.45, 7) is 4.42. The molecule has 0 bridgehead atoms. The van der Waals surface area contributed by atoms with Gasteiger partial charge in [0.1, 0.15) is 0 Å². The van der Waals surface area contributed by atoms with Crippen molar-refractivity contribution < 1.29 is 12.6 Å². The average Bonchev–Trinajstić information content (AvgIpc) is 2.46. The van der Waals surface area contributed by atoms with E-state index in [9.17, 15) is 8.42 Å². The highest BCUT2D eigenvalue weighted by atomic mass is 32.2. The van der Waals surface area contributed by atoms with E-state index in [1.807, 2.05) is 6.92 Å². The van der Waals surface area contributed by atoms with Gasteiger partial charge in [0, 0.05) is 13.1 Å². The van der Waals surface area contributed by atoms with Gasteiger partial charge >= 0.3 is 0 Å². The lowest BCUT2D eigenvalue weighted by Crippen LogP contribution is -2.26. The van der Waals surface area contributed by atoms with Crippen molar-refractivity contribution in [3.05, 3.63) is 29.8 Å². The maximum Gasteiger partial charge on any atom is 0.296 e. The molecule has 1 aromatic rings. The van der Waals surface area contributed by atoms with Gasteiger partial charge in [-0.3, -0.25) is 8.85 Å². The fourth-order valence-electron chi connectivity index (χ4n) is 2.56. The number of hydrogen-bond acceptors (Lipinski definition) is 4. The lowest BCUT2D eigenvalue weighted by atomic mass is 9.93. The van der Waals surface area contributed by atoms with Gasteiger partial charge in [0.2, 0.25) is 0 Å². The van der Waals surface area contributed by atoms with Crippen molar-refractivity contribution >= 4 is 19.5 Å². The lowest BCUT2D eigenvalue weighted by Gasteiger charge is -2.28. The SMILES string of the molecule is Cc1ccc(S(=O)(=O)OCCCC2CCN(P)CC2)cc1. The van der Waals surface area contributed by atoms with Crippen LogP contribution in [0.2, 0.25) is 0 Å². The van der Waals surface area contributed by atoms with Crippen LogP contribution in [0.3, 0.4) is 0 Å². The Balaban J connectivity index is 1.73. The Morgan fingerprint density at radius 1 is 1.24 bits per heavy atom. The fourth-order valence-corrected chi connectivity index (χ4v) is 3.80. The molecule has 0 amide bonds. The third-order valence-electron chi connectivity index (χ3n) is 3.95. The maximum absolute atomic E-state index is 12.0. The molecule has 0 spiro atoms. The molecular weight excluding hydrogens is 305 g/mol. The standard InChI is InChI=1S/C15H24NO3PS/c1-13-4-6-15(7-5-13)21(17,18)19-12-2-3-14-8-10-16(20)11-9-14/h4-7,14H,2-3,8-12,20H2,1H3. The minimum Gasteiger partial charge on any atom is -0.287 e. The molecule has 2 rings (SSSR count). The van der Waals surface area contributed by atoms with Crippen LogP contribution >= 0.6 is 9.39 Å². The van der Waals surface area contributed by atoms with E-state index in [1.165, 1.54) is 12.8 Å². The molecule has 118 valence electrons. The molecule has 1 unspecified atom stereocenters. The summed E-state index contributed by atoms with van der Waals surface area (Å²) in [5.41, 5.74) is 1.04. The number of nitrogens with zero attached hydrogens (tertiary/aromatic N) is 1. The van der Waals surface area contributed by atoms with Crippen LogP contribution in [0.15, 0.2) is 29.2 Å². The van der Waals surface area contributed by atoms with E-state index in [0.29, 0.717) is 5.92 Å². The van der Waals surface area contributed by atoms with Gasteiger partial charge in [0.15, 0.2) is 0 Å². The molecule has 1 aromatic carbocycles. The first-order chi connectivity index (χ1) is 9.97. The second kappa shape index (κ2) is 7.68. The third-order valence-corrected chi connectivity index (χ3v) is 5.80. The van der Waals surface area contributed by atoms with Crippen LogP contribution in [0.25, 0.3) is 0 Å². The predicted octanol–water partition coefficient (Wildman–Crippen LogP) is 2.98. The van der Waals surface area contributed by atoms with E-state index >= 15 is 0 Å². The molecule has 0 N–H and O–H groups in total. The first kappa shape index (κ1) is 16.9. The Kier molecular flexibility index (Phi) is 6.18. The molecule has 0 radical (unpaired) electrons. The summed E-state index contributed by atoms with van der Waals surface area (Å²) in [5, 5.41) is 0. The Labute approximate surface area is 130 Å². The van der Waals surface area contributed by atoms with E-state index in [1.54, 1.807) is 24.3 Å². The van der Waals surface area contributed by atoms with Crippen molar-refractivity contribution in [2.75, 3.05) is 19.7 Å². The van der Waals surface area contributed by atoms with Crippen LogP contribution in [0.5, 0.6) is 0 Å². The number of benzene rings is 1. The summed E-state index contributed by atoms with van der Waals surface area (Å²) in [4.78, 5) is 0.240. The van der Waals surface area contributed by atoms with Crippen LogP contribution < -0.4 is 0 Å². The van der Waals surface area contributed by atoms with Gasteiger partial charge in [0.25, 0.3) is 10.1 Å². The normalized spacial score (nSPS) is 18.0. The summed E-state index contributed by atoms with van der Waals surface area (Å²) in [6.07, 6.45) is 4.22. The van der Waals surface area contributed by atoms with Gasteiger partial charge in [-0.2, -0.15) is 8.42 Å². The molecule has 0 aromatic heterocycles. The van der Waals surface area contributed by atoms with Crippen molar-refractivity contribution in [3.63, 3.8) is 0 Å². The predicted molar refractivity (Wildman–Crippen MR) is 87.6 cm³/mol.